The molecule has 1 unspecified atom stereocenters. The fraction of sp³-hybridized carbons (Fsp3) is 0.700. The summed E-state index contributed by atoms with van der Waals surface area (Å²) in [6.07, 6.45) is 3.08. The second-order valence-corrected chi connectivity index (χ2v) is 3.67. The Morgan fingerprint density at radius 1 is 1.64 bits per heavy atom. The Bertz CT molecular complexity index is 285. The summed E-state index contributed by atoms with van der Waals surface area (Å²) < 4.78 is 6.73. The van der Waals surface area contributed by atoms with E-state index in [1.54, 1.807) is 11.8 Å². The van der Waals surface area contributed by atoms with Crippen LogP contribution in [0.25, 0.3) is 0 Å². The predicted octanol–water partition coefficient (Wildman–Crippen LogP) is 0.750. The lowest BCUT2D eigenvalue weighted by Crippen LogP contribution is -2.36. The Labute approximate surface area is 84.5 Å². The summed E-state index contributed by atoms with van der Waals surface area (Å²) in [4.78, 5) is 0. The third-order valence-electron chi connectivity index (χ3n) is 2.35. The van der Waals surface area contributed by atoms with Crippen LogP contribution < -0.4 is 0 Å². The minimum atomic E-state index is -0.789. The van der Waals surface area contributed by atoms with Crippen LogP contribution in [0.5, 0.6) is 0 Å². The van der Waals surface area contributed by atoms with E-state index in [9.17, 15) is 5.11 Å². The van der Waals surface area contributed by atoms with Crippen LogP contribution >= 0.6 is 0 Å². The molecule has 4 heteroatoms. The van der Waals surface area contributed by atoms with E-state index in [0.717, 1.165) is 5.69 Å². The molecule has 0 aromatic carbocycles. The summed E-state index contributed by atoms with van der Waals surface area (Å²) in [5.41, 5.74) is 0.109. The van der Waals surface area contributed by atoms with Crippen molar-refractivity contribution in [1.82, 2.24) is 9.78 Å². The standard InChI is InChI=1S/C10H18N2O2/c1-4-10(13,8-14-3)7-9-5-6-12(2)11-9/h5-6,13H,4,7-8H2,1-3H3. The molecule has 1 heterocycles. The Kier molecular flexibility index (Phi) is 3.66. The van der Waals surface area contributed by atoms with Crippen molar-refractivity contribution in [2.24, 2.45) is 7.05 Å². The van der Waals surface area contributed by atoms with Gasteiger partial charge in [0.1, 0.15) is 0 Å². The first-order valence-corrected chi connectivity index (χ1v) is 4.79. The average molecular weight is 198 g/mol. The molecule has 0 spiro atoms. The van der Waals surface area contributed by atoms with Gasteiger partial charge in [0.25, 0.3) is 0 Å². The fourth-order valence-electron chi connectivity index (χ4n) is 1.44. The Balaban J connectivity index is 2.64. The maximum atomic E-state index is 10.1. The van der Waals surface area contributed by atoms with Gasteiger partial charge in [-0.1, -0.05) is 6.92 Å². The number of nitrogens with zero attached hydrogens (tertiary/aromatic N) is 2. The minimum absolute atomic E-state index is 0.347. The predicted molar refractivity (Wildman–Crippen MR) is 54.0 cm³/mol. The molecule has 0 saturated heterocycles. The molecule has 1 aromatic heterocycles. The molecule has 0 aliphatic rings. The van der Waals surface area contributed by atoms with Gasteiger partial charge >= 0.3 is 0 Å². The Morgan fingerprint density at radius 2 is 2.36 bits per heavy atom. The summed E-state index contributed by atoms with van der Waals surface area (Å²) in [7, 11) is 3.46. The fourth-order valence-corrected chi connectivity index (χ4v) is 1.44. The van der Waals surface area contributed by atoms with Gasteiger partial charge in [0.2, 0.25) is 0 Å². The largest absolute Gasteiger partial charge is 0.387 e. The molecule has 0 saturated carbocycles. The van der Waals surface area contributed by atoms with E-state index in [-0.39, 0.29) is 0 Å². The van der Waals surface area contributed by atoms with E-state index >= 15 is 0 Å². The highest BCUT2D eigenvalue weighted by molar-refractivity contribution is 5.03. The lowest BCUT2D eigenvalue weighted by molar-refractivity contribution is -0.0340. The SMILES string of the molecule is CCC(O)(COC)Cc1ccn(C)n1. The first-order chi connectivity index (χ1) is 6.59. The second-order valence-electron chi connectivity index (χ2n) is 3.67. The van der Waals surface area contributed by atoms with Crippen molar-refractivity contribution in [3.63, 3.8) is 0 Å². The Morgan fingerprint density at radius 3 is 2.79 bits per heavy atom. The van der Waals surface area contributed by atoms with Crippen LogP contribution in [0, 0.1) is 0 Å². The zero-order valence-corrected chi connectivity index (χ0v) is 9.03. The van der Waals surface area contributed by atoms with E-state index in [1.165, 1.54) is 0 Å². The van der Waals surface area contributed by atoms with E-state index < -0.39 is 5.60 Å². The zero-order chi connectivity index (χ0) is 10.6. The van der Waals surface area contributed by atoms with E-state index in [1.807, 2.05) is 26.2 Å². The van der Waals surface area contributed by atoms with Gasteiger partial charge < -0.3 is 9.84 Å². The van der Waals surface area contributed by atoms with Crippen LogP contribution in [-0.2, 0) is 18.2 Å². The number of aliphatic hydroxyl groups is 1. The number of ether oxygens (including phenoxy) is 1. The molecule has 4 nitrogen and oxygen atoms in total. The third kappa shape index (κ3) is 2.82. The van der Waals surface area contributed by atoms with Gasteiger partial charge in [-0.15, -0.1) is 0 Å². The van der Waals surface area contributed by atoms with Crippen molar-refractivity contribution in [3.8, 4) is 0 Å². The highest BCUT2D eigenvalue weighted by Gasteiger charge is 2.25. The van der Waals surface area contributed by atoms with Crippen molar-refractivity contribution in [2.45, 2.75) is 25.4 Å². The summed E-state index contributed by atoms with van der Waals surface area (Å²) in [6.45, 7) is 2.29. The van der Waals surface area contributed by atoms with Crippen molar-refractivity contribution in [2.75, 3.05) is 13.7 Å². The zero-order valence-electron chi connectivity index (χ0n) is 9.03. The van der Waals surface area contributed by atoms with Crippen LogP contribution in [0.2, 0.25) is 0 Å². The molecular formula is C10H18N2O2. The molecule has 0 bridgehead atoms. The Hall–Kier alpha value is -0.870. The molecule has 1 aromatic rings. The number of methoxy groups -OCH3 is 1. The van der Waals surface area contributed by atoms with Gasteiger partial charge in [-0.05, 0) is 12.5 Å². The summed E-state index contributed by atoms with van der Waals surface area (Å²) in [5.74, 6) is 0. The molecule has 80 valence electrons. The van der Waals surface area contributed by atoms with Crippen LogP contribution in [0.3, 0.4) is 0 Å². The molecule has 0 fully saturated rings. The van der Waals surface area contributed by atoms with Crippen molar-refractivity contribution in [3.05, 3.63) is 18.0 Å². The van der Waals surface area contributed by atoms with Gasteiger partial charge in [0, 0.05) is 26.8 Å². The van der Waals surface area contributed by atoms with Gasteiger partial charge in [-0.2, -0.15) is 5.10 Å². The highest BCUT2D eigenvalue weighted by atomic mass is 16.5. The van der Waals surface area contributed by atoms with Crippen molar-refractivity contribution in [1.29, 1.82) is 0 Å². The molecule has 0 amide bonds. The first kappa shape index (κ1) is 11.2. The number of aromatic nitrogens is 2. The summed E-state index contributed by atoms with van der Waals surface area (Å²) in [6, 6.07) is 1.91. The maximum Gasteiger partial charge on any atom is 0.0933 e. The monoisotopic (exact) mass is 198 g/mol. The van der Waals surface area contributed by atoms with Crippen LogP contribution in [0.1, 0.15) is 19.0 Å². The number of rotatable bonds is 5. The molecule has 0 aliphatic heterocycles. The van der Waals surface area contributed by atoms with Crippen molar-refractivity contribution >= 4 is 0 Å². The second kappa shape index (κ2) is 4.57. The minimum Gasteiger partial charge on any atom is -0.387 e. The number of hydrogen-bond donors (Lipinski definition) is 1. The van der Waals surface area contributed by atoms with E-state index in [0.29, 0.717) is 19.4 Å². The van der Waals surface area contributed by atoms with Gasteiger partial charge in [0.05, 0.1) is 17.9 Å². The van der Waals surface area contributed by atoms with Crippen LogP contribution in [0.15, 0.2) is 12.3 Å². The smallest absolute Gasteiger partial charge is 0.0933 e. The van der Waals surface area contributed by atoms with E-state index in [4.69, 9.17) is 4.74 Å². The van der Waals surface area contributed by atoms with Crippen LogP contribution in [-0.4, -0.2) is 34.2 Å². The first-order valence-electron chi connectivity index (χ1n) is 4.79. The third-order valence-corrected chi connectivity index (χ3v) is 2.35. The van der Waals surface area contributed by atoms with Gasteiger partial charge in [-0.3, -0.25) is 4.68 Å². The number of aryl methyl sites for hydroxylation is 1. The lowest BCUT2D eigenvalue weighted by Gasteiger charge is -2.24. The van der Waals surface area contributed by atoms with E-state index in [2.05, 4.69) is 5.10 Å². The lowest BCUT2D eigenvalue weighted by atomic mass is 9.96. The molecule has 0 aliphatic carbocycles. The van der Waals surface area contributed by atoms with Crippen molar-refractivity contribution < 1.29 is 9.84 Å². The quantitative estimate of drug-likeness (QED) is 0.759. The maximum absolute atomic E-state index is 10.1. The summed E-state index contributed by atoms with van der Waals surface area (Å²) >= 11 is 0. The molecule has 1 atom stereocenters. The van der Waals surface area contributed by atoms with Gasteiger partial charge in [-0.25, -0.2) is 0 Å². The molecule has 0 radical (unpaired) electrons. The molecule has 1 N–H and O–H groups in total. The highest BCUT2D eigenvalue weighted by Crippen LogP contribution is 2.16. The van der Waals surface area contributed by atoms with Crippen LogP contribution in [0.4, 0.5) is 0 Å². The molecular weight excluding hydrogens is 180 g/mol. The van der Waals surface area contributed by atoms with Gasteiger partial charge in [0.15, 0.2) is 0 Å². The molecule has 14 heavy (non-hydrogen) atoms. The topological polar surface area (TPSA) is 47.3 Å². The normalized spacial score (nSPS) is 15.4. The molecule has 1 rings (SSSR count). The summed E-state index contributed by atoms with van der Waals surface area (Å²) in [5, 5.41) is 14.3. The number of hydrogen-bond acceptors (Lipinski definition) is 3. The average Bonchev–Trinajstić information content (AvgIpc) is 2.51.